The minimum atomic E-state index is 0.102. The molecule has 0 saturated heterocycles. The van der Waals surface area contributed by atoms with Crippen LogP contribution in [0.3, 0.4) is 0 Å². The maximum absolute atomic E-state index is 7.59. The molecule has 3 N–H and O–H groups in total. The maximum Gasteiger partial charge on any atom is 0.135 e. The van der Waals surface area contributed by atoms with Crippen molar-refractivity contribution in [3.05, 3.63) is 34.8 Å². The maximum atomic E-state index is 7.59. The molecule has 2 rings (SSSR count). The van der Waals surface area contributed by atoms with Crippen LogP contribution in [0.1, 0.15) is 17.5 Å². The molecule has 0 radical (unpaired) electrons. The number of benzene rings is 1. The molecule has 0 aliphatic carbocycles. The molecular formula is C14H18N4S. The second kappa shape index (κ2) is 5.40. The summed E-state index contributed by atoms with van der Waals surface area (Å²) in [5.41, 5.74) is 8.72. The Morgan fingerprint density at radius 2 is 1.95 bits per heavy atom. The Morgan fingerprint density at radius 3 is 2.37 bits per heavy atom. The van der Waals surface area contributed by atoms with Gasteiger partial charge in [-0.2, -0.15) is 0 Å². The van der Waals surface area contributed by atoms with Crippen molar-refractivity contribution in [3.63, 3.8) is 0 Å². The quantitative estimate of drug-likeness (QED) is 0.665. The van der Waals surface area contributed by atoms with Crippen molar-refractivity contribution in [1.82, 2.24) is 4.98 Å². The lowest BCUT2D eigenvalue weighted by Crippen LogP contribution is -2.11. The van der Waals surface area contributed by atoms with E-state index in [1.807, 2.05) is 21.0 Å². The Labute approximate surface area is 117 Å². The van der Waals surface area contributed by atoms with Gasteiger partial charge in [0.2, 0.25) is 0 Å². The van der Waals surface area contributed by atoms with Gasteiger partial charge in [-0.15, -0.1) is 11.3 Å². The molecule has 0 saturated carbocycles. The second-order valence-corrected chi connectivity index (χ2v) is 5.50. The van der Waals surface area contributed by atoms with E-state index >= 15 is 0 Å². The zero-order valence-corrected chi connectivity index (χ0v) is 12.2. The summed E-state index contributed by atoms with van der Waals surface area (Å²) < 4.78 is 0. The van der Waals surface area contributed by atoms with E-state index in [2.05, 4.69) is 34.1 Å². The van der Waals surface area contributed by atoms with Crippen LogP contribution in [0.2, 0.25) is 0 Å². The summed E-state index contributed by atoms with van der Waals surface area (Å²) in [5.74, 6) is 0.102. The zero-order chi connectivity index (χ0) is 14.0. The van der Waals surface area contributed by atoms with E-state index in [4.69, 9.17) is 11.1 Å². The van der Waals surface area contributed by atoms with Crippen LogP contribution in [0.5, 0.6) is 0 Å². The van der Waals surface area contributed by atoms with Crippen molar-refractivity contribution in [1.29, 1.82) is 5.41 Å². The normalized spacial score (nSPS) is 10.5. The molecule has 19 heavy (non-hydrogen) atoms. The van der Waals surface area contributed by atoms with Crippen LogP contribution in [0.25, 0.3) is 10.6 Å². The van der Waals surface area contributed by atoms with Crippen LogP contribution >= 0.6 is 11.3 Å². The largest absolute Gasteiger partial charge is 0.383 e. The highest BCUT2D eigenvalue weighted by Crippen LogP contribution is 2.29. The monoisotopic (exact) mass is 274 g/mol. The van der Waals surface area contributed by atoms with Gasteiger partial charge in [-0.3, -0.25) is 5.41 Å². The number of nitrogens with one attached hydrogen (secondary N) is 1. The lowest BCUT2D eigenvalue weighted by Gasteiger charge is -2.11. The van der Waals surface area contributed by atoms with Gasteiger partial charge < -0.3 is 10.6 Å². The Morgan fingerprint density at radius 1 is 1.32 bits per heavy atom. The van der Waals surface area contributed by atoms with Crippen LogP contribution in [0.15, 0.2) is 24.3 Å². The van der Waals surface area contributed by atoms with Crippen LogP contribution in [0.4, 0.5) is 5.69 Å². The number of hydrogen-bond donors (Lipinski definition) is 2. The van der Waals surface area contributed by atoms with Gasteiger partial charge in [-0.1, -0.05) is 6.92 Å². The Hall–Kier alpha value is -1.88. The van der Waals surface area contributed by atoms with Gasteiger partial charge in [0.25, 0.3) is 0 Å². The number of aromatic nitrogens is 1. The van der Waals surface area contributed by atoms with E-state index in [1.54, 1.807) is 0 Å². The third kappa shape index (κ3) is 2.76. The van der Waals surface area contributed by atoms with E-state index in [-0.39, 0.29) is 5.84 Å². The molecule has 0 fully saturated rings. The Balaban J connectivity index is 2.39. The van der Waals surface area contributed by atoms with Crippen molar-refractivity contribution in [2.75, 3.05) is 19.0 Å². The molecule has 5 heteroatoms. The highest BCUT2D eigenvalue weighted by Gasteiger charge is 2.13. The first kappa shape index (κ1) is 13.5. The standard InChI is InChI=1S/C14H18N4S/c1-4-11-12(13(15)16)19-14(17-11)9-5-7-10(8-6-9)18(2)3/h5-8H,4H2,1-3H3,(H3,15,16). The number of anilines is 1. The predicted octanol–water partition coefficient (Wildman–Crippen LogP) is 2.72. The first-order valence-electron chi connectivity index (χ1n) is 6.14. The van der Waals surface area contributed by atoms with Crippen molar-refractivity contribution in [3.8, 4) is 10.6 Å². The second-order valence-electron chi connectivity index (χ2n) is 4.50. The van der Waals surface area contributed by atoms with Crippen molar-refractivity contribution < 1.29 is 0 Å². The number of amidine groups is 1. The summed E-state index contributed by atoms with van der Waals surface area (Å²) >= 11 is 1.49. The smallest absolute Gasteiger partial charge is 0.135 e. The van der Waals surface area contributed by atoms with Crippen LogP contribution < -0.4 is 10.6 Å². The summed E-state index contributed by atoms with van der Waals surface area (Å²) in [6.07, 6.45) is 0.793. The first-order chi connectivity index (χ1) is 9.02. The lowest BCUT2D eigenvalue weighted by atomic mass is 10.2. The summed E-state index contributed by atoms with van der Waals surface area (Å²) in [7, 11) is 4.03. The number of nitrogens with zero attached hydrogens (tertiary/aromatic N) is 2. The summed E-state index contributed by atoms with van der Waals surface area (Å²) in [4.78, 5) is 7.42. The molecule has 100 valence electrons. The number of hydrogen-bond acceptors (Lipinski definition) is 4. The van der Waals surface area contributed by atoms with Gasteiger partial charge in [-0.05, 0) is 30.7 Å². The molecule has 1 heterocycles. The Bertz CT molecular complexity index is 584. The molecular weight excluding hydrogens is 256 g/mol. The predicted molar refractivity (Wildman–Crippen MR) is 82.3 cm³/mol. The molecule has 4 nitrogen and oxygen atoms in total. The number of rotatable bonds is 4. The number of aryl methyl sites for hydroxylation is 1. The van der Waals surface area contributed by atoms with Crippen molar-refractivity contribution in [2.45, 2.75) is 13.3 Å². The minimum absolute atomic E-state index is 0.102. The molecule has 2 aromatic rings. The minimum Gasteiger partial charge on any atom is -0.383 e. The average molecular weight is 274 g/mol. The van der Waals surface area contributed by atoms with E-state index in [0.717, 1.165) is 33.3 Å². The fourth-order valence-electron chi connectivity index (χ4n) is 1.83. The molecule has 0 aliphatic heterocycles. The van der Waals surface area contributed by atoms with Crippen LogP contribution in [-0.2, 0) is 6.42 Å². The van der Waals surface area contributed by atoms with E-state index < -0.39 is 0 Å². The molecule has 0 aliphatic rings. The number of nitrogens with two attached hydrogens (primary N) is 1. The van der Waals surface area contributed by atoms with Gasteiger partial charge in [0.15, 0.2) is 0 Å². The third-order valence-electron chi connectivity index (χ3n) is 2.91. The van der Waals surface area contributed by atoms with E-state index in [0.29, 0.717) is 0 Å². The molecule has 0 unspecified atom stereocenters. The van der Waals surface area contributed by atoms with Crippen LogP contribution in [-0.4, -0.2) is 24.9 Å². The van der Waals surface area contributed by atoms with Gasteiger partial charge in [-0.25, -0.2) is 4.98 Å². The molecule has 1 aromatic carbocycles. The zero-order valence-electron chi connectivity index (χ0n) is 11.4. The molecule has 0 bridgehead atoms. The SMILES string of the molecule is CCc1nc(-c2ccc(N(C)C)cc2)sc1C(=N)N. The summed E-state index contributed by atoms with van der Waals surface area (Å²) in [6, 6.07) is 8.24. The lowest BCUT2D eigenvalue weighted by molar-refractivity contribution is 1.06. The van der Waals surface area contributed by atoms with Crippen LogP contribution in [0, 0.1) is 5.41 Å². The van der Waals surface area contributed by atoms with Crippen molar-refractivity contribution in [2.24, 2.45) is 5.73 Å². The molecule has 0 amide bonds. The highest BCUT2D eigenvalue weighted by atomic mass is 32.1. The first-order valence-corrected chi connectivity index (χ1v) is 6.96. The van der Waals surface area contributed by atoms with Gasteiger partial charge >= 0.3 is 0 Å². The van der Waals surface area contributed by atoms with Gasteiger partial charge in [0.1, 0.15) is 10.8 Å². The highest BCUT2D eigenvalue weighted by molar-refractivity contribution is 7.17. The molecule has 0 spiro atoms. The number of thiazole rings is 1. The van der Waals surface area contributed by atoms with Gasteiger partial charge in [0.05, 0.1) is 10.6 Å². The fraction of sp³-hybridized carbons (Fsp3) is 0.286. The summed E-state index contributed by atoms with van der Waals surface area (Å²) in [6.45, 7) is 2.03. The number of nitrogen functional groups attached to an aromatic ring is 1. The van der Waals surface area contributed by atoms with E-state index in [1.165, 1.54) is 11.3 Å². The van der Waals surface area contributed by atoms with E-state index in [9.17, 15) is 0 Å². The molecule has 1 aromatic heterocycles. The average Bonchev–Trinajstić information content (AvgIpc) is 2.83. The Kier molecular flexibility index (Phi) is 3.85. The summed E-state index contributed by atoms with van der Waals surface area (Å²) in [5, 5.41) is 8.51. The third-order valence-corrected chi connectivity index (χ3v) is 4.09. The fourth-order valence-corrected chi connectivity index (χ4v) is 2.85. The topological polar surface area (TPSA) is 66.0 Å². The molecule has 0 atom stereocenters. The van der Waals surface area contributed by atoms with Crippen molar-refractivity contribution >= 4 is 22.9 Å². The van der Waals surface area contributed by atoms with Gasteiger partial charge in [0, 0.05) is 25.3 Å².